The molecule has 1 aromatic heterocycles. The van der Waals surface area contributed by atoms with Gasteiger partial charge in [0, 0.05) is 13.1 Å². The van der Waals surface area contributed by atoms with Crippen LogP contribution < -0.4 is 10.6 Å². The molecule has 0 fully saturated rings. The summed E-state index contributed by atoms with van der Waals surface area (Å²) in [6.07, 6.45) is 3.97. The second-order valence-electron chi connectivity index (χ2n) is 3.08. The van der Waals surface area contributed by atoms with E-state index < -0.39 is 0 Å². The Morgan fingerprint density at radius 1 is 1.40 bits per heavy atom. The maximum atomic E-state index is 11.5. The van der Waals surface area contributed by atoms with Crippen LogP contribution in [0.2, 0.25) is 0 Å². The Balaban J connectivity index is 2.67. The second-order valence-corrected chi connectivity index (χ2v) is 3.08. The van der Waals surface area contributed by atoms with E-state index in [1.165, 1.54) is 6.20 Å². The van der Waals surface area contributed by atoms with E-state index in [1.54, 1.807) is 6.20 Å². The minimum atomic E-state index is -0.177. The SMILES string of the molecule is CCCNC(=O)c1cncc(NCC)n1. The number of amides is 1. The Morgan fingerprint density at radius 2 is 2.20 bits per heavy atom. The van der Waals surface area contributed by atoms with Gasteiger partial charge < -0.3 is 10.6 Å². The van der Waals surface area contributed by atoms with Crippen molar-refractivity contribution in [2.24, 2.45) is 0 Å². The lowest BCUT2D eigenvalue weighted by atomic mass is 10.4. The first-order chi connectivity index (χ1) is 7.27. The molecule has 0 atom stereocenters. The average molecular weight is 208 g/mol. The summed E-state index contributed by atoms with van der Waals surface area (Å²) in [4.78, 5) is 19.6. The fourth-order valence-electron chi connectivity index (χ4n) is 1.07. The van der Waals surface area contributed by atoms with Crippen molar-refractivity contribution >= 4 is 11.7 Å². The highest BCUT2D eigenvalue weighted by Gasteiger charge is 2.06. The van der Waals surface area contributed by atoms with Crippen molar-refractivity contribution in [2.75, 3.05) is 18.4 Å². The Morgan fingerprint density at radius 3 is 2.87 bits per heavy atom. The van der Waals surface area contributed by atoms with E-state index in [0.29, 0.717) is 18.1 Å². The molecule has 0 spiro atoms. The maximum absolute atomic E-state index is 11.5. The highest BCUT2D eigenvalue weighted by molar-refractivity contribution is 5.92. The molecule has 0 aliphatic carbocycles. The van der Waals surface area contributed by atoms with Crippen LogP contribution in [-0.2, 0) is 0 Å². The predicted octanol–water partition coefficient (Wildman–Crippen LogP) is 1.05. The van der Waals surface area contributed by atoms with Gasteiger partial charge in [0.25, 0.3) is 5.91 Å². The van der Waals surface area contributed by atoms with Crippen molar-refractivity contribution in [1.82, 2.24) is 15.3 Å². The third kappa shape index (κ3) is 3.53. The lowest BCUT2D eigenvalue weighted by Gasteiger charge is -2.05. The van der Waals surface area contributed by atoms with Gasteiger partial charge in [0.15, 0.2) is 0 Å². The first kappa shape index (κ1) is 11.4. The molecular formula is C10H16N4O. The van der Waals surface area contributed by atoms with E-state index in [0.717, 1.165) is 13.0 Å². The molecule has 1 rings (SSSR count). The molecule has 82 valence electrons. The van der Waals surface area contributed by atoms with E-state index in [-0.39, 0.29) is 5.91 Å². The van der Waals surface area contributed by atoms with Crippen LogP contribution in [0.4, 0.5) is 5.82 Å². The molecule has 0 aliphatic heterocycles. The lowest BCUT2D eigenvalue weighted by Crippen LogP contribution is -2.25. The van der Waals surface area contributed by atoms with Gasteiger partial charge in [-0.25, -0.2) is 4.98 Å². The molecule has 1 heterocycles. The highest BCUT2D eigenvalue weighted by atomic mass is 16.1. The minimum Gasteiger partial charge on any atom is -0.369 e. The summed E-state index contributed by atoms with van der Waals surface area (Å²) in [5, 5.41) is 5.75. The molecule has 0 saturated heterocycles. The number of rotatable bonds is 5. The molecule has 0 radical (unpaired) electrons. The first-order valence-corrected chi connectivity index (χ1v) is 5.12. The Bertz CT molecular complexity index is 327. The van der Waals surface area contributed by atoms with Crippen molar-refractivity contribution in [2.45, 2.75) is 20.3 Å². The van der Waals surface area contributed by atoms with Crippen LogP contribution in [0.15, 0.2) is 12.4 Å². The molecule has 2 N–H and O–H groups in total. The molecule has 0 unspecified atom stereocenters. The van der Waals surface area contributed by atoms with Crippen molar-refractivity contribution in [3.05, 3.63) is 18.1 Å². The molecule has 5 heteroatoms. The molecule has 5 nitrogen and oxygen atoms in total. The summed E-state index contributed by atoms with van der Waals surface area (Å²) in [6, 6.07) is 0. The van der Waals surface area contributed by atoms with Gasteiger partial charge in [-0.15, -0.1) is 0 Å². The number of carbonyl (C=O) groups excluding carboxylic acids is 1. The van der Waals surface area contributed by atoms with Crippen LogP contribution in [0, 0.1) is 0 Å². The monoisotopic (exact) mass is 208 g/mol. The summed E-state index contributed by atoms with van der Waals surface area (Å²) in [5.74, 6) is 0.450. The van der Waals surface area contributed by atoms with Crippen LogP contribution >= 0.6 is 0 Å². The lowest BCUT2D eigenvalue weighted by molar-refractivity contribution is 0.0948. The third-order valence-corrected chi connectivity index (χ3v) is 1.76. The molecule has 0 aromatic carbocycles. The summed E-state index contributed by atoms with van der Waals surface area (Å²) in [5.41, 5.74) is 0.349. The number of carbonyl (C=O) groups is 1. The van der Waals surface area contributed by atoms with Gasteiger partial charge in [-0.05, 0) is 13.3 Å². The van der Waals surface area contributed by atoms with E-state index >= 15 is 0 Å². The van der Waals surface area contributed by atoms with Crippen LogP contribution in [0.5, 0.6) is 0 Å². The van der Waals surface area contributed by atoms with E-state index in [2.05, 4.69) is 20.6 Å². The second kappa shape index (κ2) is 5.95. The highest BCUT2D eigenvalue weighted by Crippen LogP contribution is 2.01. The molecule has 0 saturated carbocycles. The molecule has 1 aromatic rings. The summed E-state index contributed by atoms with van der Waals surface area (Å²) < 4.78 is 0. The summed E-state index contributed by atoms with van der Waals surface area (Å²) in [7, 11) is 0. The van der Waals surface area contributed by atoms with Gasteiger partial charge in [-0.3, -0.25) is 9.78 Å². The molecule has 0 aliphatic rings. The van der Waals surface area contributed by atoms with Gasteiger partial charge in [0.1, 0.15) is 11.5 Å². The standard InChI is InChI=1S/C10H16N4O/c1-3-5-13-10(15)8-6-11-7-9(14-8)12-4-2/h6-7H,3-5H2,1-2H3,(H,12,14)(H,13,15). The van der Waals surface area contributed by atoms with Crippen molar-refractivity contribution in [3.63, 3.8) is 0 Å². The quantitative estimate of drug-likeness (QED) is 0.759. The van der Waals surface area contributed by atoms with Crippen LogP contribution in [0.1, 0.15) is 30.8 Å². The maximum Gasteiger partial charge on any atom is 0.271 e. The third-order valence-electron chi connectivity index (χ3n) is 1.76. The fourth-order valence-corrected chi connectivity index (χ4v) is 1.07. The normalized spacial score (nSPS) is 9.73. The molecule has 15 heavy (non-hydrogen) atoms. The Kier molecular flexibility index (Phi) is 4.53. The number of nitrogens with one attached hydrogen (secondary N) is 2. The van der Waals surface area contributed by atoms with Gasteiger partial charge in [0.05, 0.1) is 12.4 Å². The Labute approximate surface area is 89.3 Å². The van der Waals surface area contributed by atoms with E-state index in [4.69, 9.17) is 0 Å². The van der Waals surface area contributed by atoms with Crippen molar-refractivity contribution in [3.8, 4) is 0 Å². The molecule has 1 amide bonds. The van der Waals surface area contributed by atoms with Gasteiger partial charge >= 0.3 is 0 Å². The fraction of sp³-hybridized carbons (Fsp3) is 0.500. The van der Waals surface area contributed by atoms with Crippen molar-refractivity contribution in [1.29, 1.82) is 0 Å². The van der Waals surface area contributed by atoms with Crippen LogP contribution in [-0.4, -0.2) is 29.0 Å². The zero-order chi connectivity index (χ0) is 11.1. The number of hydrogen-bond acceptors (Lipinski definition) is 4. The number of nitrogens with zero attached hydrogens (tertiary/aromatic N) is 2. The zero-order valence-corrected chi connectivity index (χ0v) is 9.08. The average Bonchev–Trinajstić information content (AvgIpc) is 2.27. The minimum absolute atomic E-state index is 0.177. The Hall–Kier alpha value is -1.65. The first-order valence-electron chi connectivity index (χ1n) is 5.12. The van der Waals surface area contributed by atoms with Gasteiger partial charge in [-0.2, -0.15) is 0 Å². The number of hydrogen-bond donors (Lipinski definition) is 2. The van der Waals surface area contributed by atoms with Crippen molar-refractivity contribution < 1.29 is 4.79 Å². The molecular weight excluding hydrogens is 192 g/mol. The molecule has 0 bridgehead atoms. The largest absolute Gasteiger partial charge is 0.369 e. The van der Waals surface area contributed by atoms with Crippen LogP contribution in [0.3, 0.4) is 0 Å². The summed E-state index contributed by atoms with van der Waals surface area (Å²) >= 11 is 0. The number of aromatic nitrogens is 2. The van der Waals surface area contributed by atoms with Gasteiger partial charge in [0.2, 0.25) is 0 Å². The van der Waals surface area contributed by atoms with Gasteiger partial charge in [-0.1, -0.05) is 6.92 Å². The van der Waals surface area contributed by atoms with E-state index in [9.17, 15) is 4.79 Å². The topological polar surface area (TPSA) is 66.9 Å². The predicted molar refractivity (Wildman–Crippen MR) is 58.8 cm³/mol. The van der Waals surface area contributed by atoms with E-state index in [1.807, 2.05) is 13.8 Å². The number of anilines is 1. The van der Waals surface area contributed by atoms with Crippen LogP contribution in [0.25, 0.3) is 0 Å². The summed E-state index contributed by atoms with van der Waals surface area (Å²) in [6.45, 7) is 5.38. The zero-order valence-electron chi connectivity index (χ0n) is 9.08. The smallest absolute Gasteiger partial charge is 0.271 e.